The highest BCUT2D eigenvalue weighted by atomic mass is 32.1. The van der Waals surface area contributed by atoms with Crippen LogP contribution in [0.4, 0.5) is 0 Å². The third kappa shape index (κ3) is 2.49. The Balaban J connectivity index is 1.79. The summed E-state index contributed by atoms with van der Waals surface area (Å²) < 4.78 is 2.20. The van der Waals surface area contributed by atoms with E-state index in [1.54, 1.807) is 0 Å². The Hall–Kier alpha value is -1.65. The van der Waals surface area contributed by atoms with Gasteiger partial charge in [0.1, 0.15) is 5.82 Å². The van der Waals surface area contributed by atoms with Crippen molar-refractivity contribution in [3.8, 4) is 0 Å². The Bertz CT molecular complexity index is 698. The second kappa shape index (κ2) is 5.77. The van der Waals surface area contributed by atoms with Crippen LogP contribution in [0.5, 0.6) is 0 Å². The van der Waals surface area contributed by atoms with Crippen LogP contribution in [-0.2, 0) is 26.4 Å². The molecule has 2 aromatic heterocycles. The molecule has 0 saturated carbocycles. The first-order valence-electron chi connectivity index (χ1n) is 6.95. The monoisotopic (exact) mass is 285 g/mol. The van der Waals surface area contributed by atoms with E-state index < -0.39 is 0 Å². The van der Waals surface area contributed by atoms with Gasteiger partial charge in [0.05, 0.1) is 11.0 Å². The minimum absolute atomic E-state index is 0.545. The van der Waals surface area contributed by atoms with Gasteiger partial charge < -0.3 is 10.3 Å². The molecule has 2 N–H and O–H groups in total. The van der Waals surface area contributed by atoms with E-state index in [4.69, 9.17) is 10.7 Å². The summed E-state index contributed by atoms with van der Waals surface area (Å²) in [6, 6.07) is 10.5. The molecule has 0 fully saturated rings. The first-order chi connectivity index (χ1) is 9.79. The first kappa shape index (κ1) is 13.3. The number of rotatable bonds is 5. The number of benzene rings is 1. The summed E-state index contributed by atoms with van der Waals surface area (Å²) in [5.74, 6) is 1.15. The third-order valence-corrected chi connectivity index (χ3v) is 4.65. The second-order valence-electron chi connectivity index (χ2n) is 5.01. The zero-order valence-electron chi connectivity index (χ0n) is 11.7. The summed E-state index contributed by atoms with van der Waals surface area (Å²) in [5, 5.41) is 2.14. The molecule has 104 valence electrons. The number of aromatic nitrogens is 2. The van der Waals surface area contributed by atoms with Crippen molar-refractivity contribution < 1.29 is 0 Å². The van der Waals surface area contributed by atoms with Crippen molar-refractivity contribution in [2.45, 2.75) is 25.8 Å². The van der Waals surface area contributed by atoms with E-state index in [0.29, 0.717) is 6.54 Å². The molecule has 0 atom stereocenters. The Morgan fingerprint density at radius 2 is 2.10 bits per heavy atom. The molecular weight excluding hydrogens is 266 g/mol. The molecule has 1 aromatic carbocycles. The lowest BCUT2D eigenvalue weighted by Crippen LogP contribution is -1.98. The van der Waals surface area contributed by atoms with Crippen molar-refractivity contribution in [1.29, 1.82) is 0 Å². The van der Waals surface area contributed by atoms with Crippen molar-refractivity contribution in [2.24, 2.45) is 12.8 Å². The number of nitrogens with zero attached hydrogens (tertiary/aromatic N) is 2. The number of para-hydroxylation sites is 1. The lowest BCUT2D eigenvalue weighted by molar-refractivity contribution is 0.737. The van der Waals surface area contributed by atoms with Gasteiger partial charge in [-0.15, -0.1) is 11.3 Å². The van der Waals surface area contributed by atoms with E-state index in [1.165, 1.54) is 10.4 Å². The summed E-state index contributed by atoms with van der Waals surface area (Å²) >= 11 is 1.83. The second-order valence-corrected chi connectivity index (χ2v) is 6.04. The van der Waals surface area contributed by atoms with Crippen molar-refractivity contribution >= 4 is 22.4 Å². The zero-order chi connectivity index (χ0) is 13.9. The van der Waals surface area contributed by atoms with Gasteiger partial charge in [0.2, 0.25) is 0 Å². The molecular formula is C16H19N3S. The number of fused-ring (bicyclic) bond motifs is 1. The topological polar surface area (TPSA) is 43.8 Å². The average molecular weight is 285 g/mol. The van der Waals surface area contributed by atoms with Gasteiger partial charge in [-0.2, -0.15) is 0 Å². The van der Waals surface area contributed by atoms with Gasteiger partial charge >= 0.3 is 0 Å². The van der Waals surface area contributed by atoms with Gasteiger partial charge in [-0.3, -0.25) is 0 Å². The maximum absolute atomic E-state index is 5.79. The molecule has 0 aliphatic rings. The average Bonchev–Trinajstić information content (AvgIpc) is 3.08. The minimum atomic E-state index is 0.545. The fourth-order valence-corrected chi connectivity index (χ4v) is 3.34. The van der Waals surface area contributed by atoms with E-state index >= 15 is 0 Å². The van der Waals surface area contributed by atoms with E-state index in [0.717, 1.165) is 36.2 Å². The number of aryl methyl sites for hydroxylation is 3. The van der Waals surface area contributed by atoms with Crippen molar-refractivity contribution in [1.82, 2.24) is 9.55 Å². The highest BCUT2D eigenvalue weighted by molar-refractivity contribution is 7.09. The summed E-state index contributed by atoms with van der Waals surface area (Å²) in [5.41, 5.74) is 9.16. The van der Waals surface area contributed by atoms with Crippen LogP contribution in [0.2, 0.25) is 0 Å². The van der Waals surface area contributed by atoms with Gasteiger partial charge in [0.25, 0.3) is 0 Å². The van der Waals surface area contributed by atoms with Gasteiger partial charge in [-0.25, -0.2) is 4.98 Å². The molecule has 0 unspecified atom stereocenters. The number of hydrogen-bond acceptors (Lipinski definition) is 3. The maximum Gasteiger partial charge on any atom is 0.109 e. The SMILES string of the molecule is Cn1c(CCCc2cccs2)nc2c(CN)cccc21. The van der Waals surface area contributed by atoms with E-state index in [1.807, 2.05) is 11.3 Å². The molecule has 0 amide bonds. The highest BCUT2D eigenvalue weighted by Gasteiger charge is 2.10. The Kier molecular flexibility index (Phi) is 3.85. The Morgan fingerprint density at radius 1 is 1.20 bits per heavy atom. The molecule has 2 heterocycles. The van der Waals surface area contributed by atoms with Gasteiger partial charge in [0, 0.05) is 24.9 Å². The number of thiophene rings is 1. The van der Waals surface area contributed by atoms with Crippen molar-refractivity contribution in [3.63, 3.8) is 0 Å². The molecule has 0 bridgehead atoms. The Labute approximate surface area is 123 Å². The summed E-state index contributed by atoms with van der Waals surface area (Å²) in [6.45, 7) is 0.545. The van der Waals surface area contributed by atoms with Crippen LogP contribution in [0, 0.1) is 0 Å². The number of nitrogens with two attached hydrogens (primary N) is 1. The molecule has 0 saturated heterocycles. The molecule has 3 aromatic rings. The van der Waals surface area contributed by atoms with Crippen LogP contribution in [0.25, 0.3) is 11.0 Å². The first-order valence-corrected chi connectivity index (χ1v) is 7.83. The Morgan fingerprint density at radius 3 is 2.85 bits per heavy atom. The summed E-state index contributed by atoms with van der Waals surface area (Å²) in [4.78, 5) is 6.24. The normalized spacial score (nSPS) is 11.3. The minimum Gasteiger partial charge on any atom is -0.331 e. The molecule has 20 heavy (non-hydrogen) atoms. The summed E-state index contributed by atoms with van der Waals surface area (Å²) in [6.07, 6.45) is 3.27. The molecule has 3 rings (SSSR count). The predicted molar refractivity (Wildman–Crippen MR) is 84.9 cm³/mol. The molecule has 0 aliphatic heterocycles. The van der Waals surface area contributed by atoms with Crippen molar-refractivity contribution in [2.75, 3.05) is 0 Å². The maximum atomic E-state index is 5.79. The predicted octanol–water partition coefficient (Wildman–Crippen LogP) is 3.27. The van der Waals surface area contributed by atoms with E-state index in [2.05, 4.69) is 47.3 Å². The van der Waals surface area contributed by atoms with Crippen LogP contribution >= 0.6 is 11.3 Å². The molecule has 0 aliphatic carbocycles. The quantitative estimate of drug-likeness (QED) is 0.782. The van der Waals surface area contributed by atoms with Gasteiger partial charge in [0.15, 0.2) is 0 Å². The summed E-state index contributed by atoms with van der Waals surface area (Å²) in [7, 11) is 2.09. The molecule has 0 radical (unpaired) electrons. The highest BCUT2D eigenvalue weighted by Crippen LogP contribution is 2.20. The molecule has 0 spiro atoms. The van der Waals surface area contributed by atoms with Crippen LogP contribution < -0.4 is 5.73 Å². The van der Waals surface area contributed by atoms with Crippen LogP contribution in [0.1, 0.15) is 22.7 Å². The number of imidazole rings is 1. The van der Waals surface area contributed by atoms with Crippen LogP contribution in [-0.4, -0.2) is 9.55 Å². The fourth-order valence-electron chi connectivity index (χ4n) is 2.58. The largest absolute Gasteiger partial charge is 0.331 e. The smallest absolute Gasteiger partial charge is 0.109 e. The van der Waals surface area contributed by atoms with Gasteiger partial charge in [-0.1, -0.05) is 18.2 Å². The third-order valence-electron chi connectivity index (χ3n) is 3.71. The van der Waals surface area contributed by atoms with E-state index in [-0.39, 0.29) is 0 Å². The lowest BCUT2D eigenvalue weighted by Gasteiger charge is -2.02. The fraction of sp³-hybridized carbons (Fsp3) is 0.312. The zero-order valence-corrected chi connectivity index (χ0v) is 12.5. The van der Waals surface area contributed by atoms with Crippen LogP contribution in [0.15, 0.2) is 35.7 Å². The van der Waals surface area contributed by atoms with Gasteiger partial charge in [-0.05, 0) is 35.9 Å². The molecule has 4 heteroatoms. The van der Waals surface area contributed by atoms with E-state index in [9.17, 15) is 0 Å². The standard InChI is InChI=1S/C16H19N3S/c1-19-14-8-2-5-12(11-17)16(14)18-15(19)9-3-6-13-7-4-10-20-13/h2,4-5,7-8,10H,3,6,9,11,17H2,1H3. The molecule has 3 nitrogen and oxygen atoms in total. The van der Waals surface area contributed by atoms with Crippen LogP contribution in [0.3, 0.4) is 0 Å². The lowest BCUT2D eigenvalue weighted by atomic mass is 10.2. The number of hydrogen-bond donors (Lipinski definition) is 1. The van der Waals surface area contributed by atoms with Crippen molar-refractivity contribution in [3.05, 3.63) is 52.0 Å².